The largest absolute Gasteiger partial charge is 0.457 e. The van der Waals surface area contributed by atoms with Crippen molar-refractivity contribution >= 4 is 6.29 Å². The van der Waals surface area contributed by atoms with Crippen molar-refractivity contribution in [1.82, 2.24) is 0 Å². The van der Waals surface area contributed by atoms with Crippen LogP contribution in [0.15, 0.2) is 334 Å². The second-order valence-electron chi connectivity index (χ2n) is 34.3. The number of rotatable bonds is 13. The fraction of sp³-hybridized carbons (Fsp3) is 0.142. The van der Waals surface area contributed by atoms with Crippen LogP contribution in [0.2, 0.25) is 0 Å². The molecule has 0 amide bonds. The van der Waals surface area contributed by atoms with E-state index >= 15 is 0 Å². The standard InChI is InChI=1S/C113H80O17/c114-64-99-100-47-72-48-101(99)122-80-32-16-30-78(52-80)120-86-46-71-44-84(55-86)118-76-28-14-26-74(50-76)116-82-42-69-41-81(53-82)115-73-25-13-27-75(49-73)117-83-43-70(45-85(54-83)119-77-29-15-31-79(51-77)121-100)111-125-104-60-102-91-56-93(104)88(38-34-66-19-7-2-8-20-66)95-58-97-90(40-36-68-23-11-4-12-24-68)98-59-96-89(39-35-67-21-9-3-10-22-67)94-57-92(87(91)37-33-65-17-5-1-6-18-65)103(124-110(69)123-102)61-105(94)126-112(71)128-107(96)63-109(98)130-113(72)129-108(97)62-106(95)127-111/h1-32,41-64,87-90,110-113H,33-40H2. The van der Waals surface area contributed by atoms with Gasteiger partial charge in [-0.2, -0.15) is 0 Å². The highest BCUT2D eigenvalue weighted by molar-refractivity contribution is 5.85. The van der Waals surface area contributed by atoms with Gasteiger partial charge in [-0.1, -0.05) is 146 Å². The van der Waals surface area contributed by atoms with E-state index in [0.29, 0.717) is 200 Å². The van der Waals surface area contributed by atoms with Gasteiger partial charge in [-0.25, -0.2) is 0 Å². The molecule has 0 N–H and O–H groups in total. The Balaban J connectivity index is 0.870. The Labute approximate surface area is 748 Å². The molecule has 17 nitrogen and oxygen atoms in total. The van der Waals surface area contributed by atoms with Crippen molar-refractivity contribution in [2.75, 3.05) is 0 Å². The minimum atomic E-state index is -1.40. The van der Waals surface area contributed by atoms with Gasteiger partial charge in [0.05, 0.1) is 5.56 Å². The predicted molar refractivity (Wildman–Crippen MR) is 486 cm³/mol. The van der Waals surface area contributed by atoms with E-state index in [1.165, 1.54) is 0 Å². The average Bonchev–Trinajstić information content (AvgIpc) is 0.724. The molecule has 634 valence electrons. The van der Waals surface area contributed by atoms with Gasteiger partial charge in [0.15, 0.2) is 6.29 Å². The van der Waals surface area contributed by atoms with E-state index in [4.69, 9.17) is 75.8 Å². The third-order valence-corrected chi connectivity index (χ3v) is 25.8. The van der Waals surface area contributed by atoms with Crippen molar-refractivity contribution in [2.24, 2.45) is 0 Å². The molecule has 130 heavy (non-hydrogen) atoms. The minimum Gasteiger partial charge on any atom is -0.457 e. The third-order valence-electron chi connectivity index (χ3n) is 25.8. The summed E-state index contributed by atoms with van der Waals surface area (Å²) in [5.41, 5.74) is 13.4. The summed E-state index contributed by atoms with van der Waals surface area (Å²) in [7, 11) is 0. The fourth-order valence-electron chi connectivity index (χ4n) is 19.7. The summed E-state index contributed by atoms with van der Waals surface area (Å²) in [6, 6.07) is 110. The predicted octanol–water partition coefficient (Wildman–Crippen LogP) is 28.3. The van der Waals surface area contributed by atoms with Crippen LogP contribution < -0.4 is 75.8 Å². The molecule has 8 heterocycles. The molecule has 0 aromatic heterocycles. The first-order chi connectivity index (χ1) is 64.1. The molecule has 1 aliphatic carbocycles. The lowest BCUT2D eigenvalue weighted by Crippen LogP contribution is -2.26. The van der Waals surface area contributed by atoms with E-state index in [9.17, 15) is 4.79 Å². The number of hydrogen-bond acceptors (Lipinski definition) is 17. The number of carbonyl (C=O) groups is 1. The Morgan fingerprint density at radius 2 is 0.385 bits per heavy atom. The van der Waals surface area contributed by atoms with Crippen LogP contribution in [0.1, 0.15) is 174 Å². The highest BCUT2D eigenvalue weighted by atomic mass is 16.7. The van der Waals surface area contributed by atoms with E-state index in [0.717, 1.165) is 73.0 Å². The van der Waals surface area contributed by atoms with Crippen molar-refractivity contribution in [2.45, 2.75) is 100 Å². The van der Waals surface area contributed by atoms with Crippen LogP contribution in [0.3, 0.4) is 0 Å². The number of hydrogen-bond donors (Lipinski definition) is 0. The van der Waals surface area contributed by atoms with Gasteiger partial charge in [0.25, 0.3) is 25.2 Å². The van der Waals surface area contributed by atoms with Gasteiger partial charge < -0.3 is 75.8 Å². The first-order valence-corrected chi connectivity index (χ1v) is 44.2. The molecule has 17 heteroatoms. The Morgan fingerprint density at radius 1 is 0.185 bits per heavy atom. The van der Waals surface area contributed by atoms with Crippen molar-refractivity contribution in [3.05, 3.63) is 428 Å². The van der Waals surface area contributed by atoms with Crippen LogP contribution in [0.4, 0.5) is 0 Å². The Hall–Kier alpha value is -16.0. The molecule has 4 unspecified atom stereocenters. The van der Waals surface area contributed by atoms with Crippen LogP contribution in [-0.2, 0) is 25.7 Å². The lowest BCUT2D eigenvalue weighted by atomic mass is 9.75. The molecule has 0 fully saturated rings. The normalized spacial score (nSPS) is 18.5. The highest BCUT2D eigenvalue weighted by Gasteiger charge is 2.43. The summed E-state index contributed by atoms with van der Waals surface area (Å²) >= 11 is 0. The van der Waals surface area contributed by atoms with Crippen molar-refractivity contribution < 1.29 is 80.6 Å². The van der Waals surface area contributed by atoms with Crippen molar-refractivity contribution in [1.29, 1.82) is 0 Å². The van der Waals surface area contributed by atoms with Gasteiger partial charge in [0.1, 0.15) is 138 Å². The number of ether oxygens (including phenoxy) is 16. The Kier molecular flexibility index (Phi) is 18.7. The summed E-state index contributed by atoms with van der Waals surface area (Å²) in [5.74, 6) is 7.01. The van der Waals surface area contributed by atoms with Gasteiger partial charge in [-0.05, 0) is 195 Å². The molecule has 9 aliphatic rings. The molecule has 4 atom stereocenters. The number of fused-ring (bicyclic) bond motifs is 16. The second kappa shape index (κ2) is 31.8. The minimum absolute atomic E-state index is 0.0715. The number of benzene rings is 16. The molecule has 0 saturated heterocycles. The molecule has 40 bridgehead atoms. The lowest BCUT2D eigenvalue weighted by molar-refractivity contribution is -0.0123. The van der Waals surface area contributed by atoms with E-state index in [-0.39, 0.29) is 17.1 Å². The van der Waals surface area contributed by atoms with Crippen LogP contribution in [-0.4, -0.2) is 6.29 Å². The first kappa shape index (κ1) is 76.4. The van der Waals surface area contributed by atoms with E-state index in [1.807, 2.05) is 140 Å². The molecule has 8 aliphatic heterocycles. The number of carbonyl (C=O) groups excluding carboxylic acids is 1. The smallest absolute Gasteiger partial charge is 0.267 e. The van der Waals surface area contributed by atoms with Gasteiger partial charge in [-0.3, -0.25) is 4.79 Å². The fourth-order valence-corrected chi connectivity index (χ4v) is 19.7. The van der Waals surface area contributed by atoms with E-state index in [2.05, 4.69) is 158 Å². The summed E-state index contributed by atoms with van der Waals surface area (Å²) in [4.78, 5) is 14.5. The van der Waals surface area contributed by atoms with E-state index < -0.39 is 48.8 Å². The van der Waals surface area contributed by atoms with Gasteiger partial charge >= 0.3 is 0 Å². The van der Waals surface area contributed by atoms with Crippen molar-refractivity contribution in [3.8, 4) is 138 Å². The van der Waals surface area contributed by atoms with Crippen LogP contribution >= 0.6 is 0 Å². The second-order valence-corrected chi connectivity index (χ2v) is 34.3. The quantitative estimate of drug-likeness (QED) is 0.100. The summed E-state index contributed by atoms with van der Waals surface area (Å²) in [5, 5.41) is 0. The maximum Gasteiger partial charge on any atom is 0.267 e. The van der Waals surface area contributed by atoms with Gasteiger partial charge in [0.2, 0.25) is 0 Å². The average molecular weight is 1710 g/mol. The maximum absolute atomic E-state index is 14.5. The Morgan fingerprint density at radius 3 is 0.600 bits per heavy atom. The molecule has 16 aromatic rings. The topological polar surface area (TPSA) is 165 Å². The third kappa shape index (κ3) is 14.7. The van der Waals surface area contributed by atoms with Crippen LogP contribution in [0, 0.1) is 0 Å². The zero-order valence-corrected chi connectivity index (χ0v) is 70.0. The summed E-state index contributed by atoms with van der Waals surface area (Å²) in [6.07, 6.45) is 0.122. The molecule has 0 radical (unpaired) electrons. The van der Waals surface area contributed by atoms with Gasteiger partial charge in [-0.15, -0.1) is 0 Å². The SMILES string of the molecule is O=Cc1c2cc3cc1Oc1cccc(c1)Oc1cc4cc(c1)C1Oc5cc6c7cc5C(CCc5ccccc5)c5cc8c(cc5O1)OC3Oc1cc3c(cc1C8CCc1ccccc1)C(CCc1ccccc1)c1cc(c5cc1OC(O3)c1cc(cc(c1)Oc1cccc(c1)O2)Oc1cccc(c1)Oc1cc(cc(c1)C(O5)O6)Oc1cccc(c1)O4)C7CCc1ccccc1. The highest BCUT2D eigenvalue weighted by Crippen LogP contribution is 2.60. The zero-order chi connectivity index (χ0) is 85.9. The zero-order valence-electron chi connectivity index (χ0n) is 70.0. The van der Waals surface area contributed by atoms with E-state index in [1.54, 1.807) is 36.4 Å². The molecule has 0 spiro atoms. The first-order valence-electron chi connectivity index (χ1n) is 44.2. The number of aldehydes is 1. The summed E-state index contributed by atoms with van der Waals surface area (Å²) < 4.78 is 121. The molecular weight excluding hydrogens is 1630 g/mol. The van der Waals surface area contributed by atoms with Crippen LogP contribution in [0.25, 0.3) is 0 Å². The molecule has 16 aromatic carbocycles. The van der Waals surface area contributed by atoms with Gasteiger partial charge in [0, 0.05) is 157 Å². The van der Waals surface area contributed by atoms with Crippen LogP contribution in [0.5, 0.6) is 138 Å². The molecule has 0 saturated carbocycles. The maximum atomic E-state index is 14.5. The molecular formula is C113H80O17. The Bertz CT molecular complexity index is 6780. The summed E-state index contributed by atoms with van der Waals surface area (Å²) in [6.45, 7) is 0. The lowest BCUT2D eigenvalue weighted by Gasteiger charge is -2.38. The monoisotopic (exact) mass is 1710 g/mol. The molecule has 25 rings (SSSR count). The number of aryl methyl sites for hydroxylation is 4. The van der Waals surface area contributed by atoms with Crippen molar-refractivity contribution in [3.63, 3.8) is 0 Å².